The van der Waals surface area contributed by atoms with Crippen molar-refractivity contribution in [3.05, 3.63) is 29.5 Å². The van der Waals surface area contributed by atoms with Crippen LogP contribution in [0.3, 0.4) is 0 Å². The predicted octanol–water partition coefficient (Wildman–Crippen LogP) is -0.225. The number of amides is 1. The van der Waals surface area contributed by atoms with E-state index >= 15 is 0 Å². The van der Waals surface area contributed by atoms with Gasteiger partial charge in [0.05, 0.1) is 19.3 Å². The number of carboxylic acids is 1. The normalized spacial score (nSPS) is 18.2. The molecule has 0 spiro atoms. The van der Waals surface area contributed by atoms with Crippen LogP contribution in [0.5, 0.6) is 11.5 Å². The molecule has 0 saturated heterocycles. The molecule has 1 amide bonds. The Hall–Kier alpha value is -2.91. The van der Waals surface area contributed by atoms with Crippen molar-refractivity contribution in [3.63, 3.8) is 0 Å². The van der Waals surface area contributed by atoms with Crippen LogP contribution in [0.25, 0.3) is 6.08 Å². The number of aliphatic carboxylic acids is 1. The number of amidine groups is 1. The Balaban J connectivity index is 2.43. The number of hydrogen-bond acceptors (Lipinski definition) is 7. The number of carbonyl (C=O) groups is 2. The Morgan fingerprint density at radius 3 is 2.72 bits per heavy atom. The first kappa shape index (κ1) is 18.4. The van der Waals surface area contributed by atoms with Crippen LogP contribution in [0.1, 0.15) is 12.5 Å². The highest BCUT2D eigenvalue weighted by Gasteiger charge is 2.36. The number of aromatic hydroxyl groups is 1. The Labute approximate surface area is 143 Å². The Kier molecular flexibility index (Phi) is 5.40. The van der Waals surface area contributed by atoms with E-state index in [9.17, 15) is 19.8 Å². The van der Waals surface area contributed by atoms with Gasteiger partial charge in [0, 0.05) is 0 Å². The smallest absolute Gasteiger partial charge is 0.323 e. The van der Waals surface area contributed by atoms with E-state index in [0.29, 0.717) is 5.56 Å². The fourth-order valence-corrected chi connectivity index (χ4v) is 2.27. The third kappa shape index (κ3) is 3.95. The first-order chi connectivity index (χ1) is 11.7. The van der Waals surface area contributed by atoms with Gasteiger partial charge in [-0.05, 0) is 30.7 Å². The van der Waals surface area contributed by atoms with Crippen LogP contribution in [-0.2, 0) is 9.59 Å². The number of nitrogens with zero attached hydrogens (tertiary/aromatic N) is 2. The number of rotatable bonds is 6. The Bertz CT molecular complexity index is 756. The van der Waals surface area contributed by atoms with Crippen molar-refractivity contribution in [2.45, 2.75) is 19.1 Å². The number of hydrogen-bond donors (Lipinski definition) is 4. The van der Waals surface area contributed by atoms with Crippen molar-refractivity contribution in [3.8, 4) is 11.5 Å². The van der Waals surface area contributed by atoms with Gasteiger partial charge in [0.2, 0.25) is 0 Å². The number of phenolic OH excluding ortho intramolecular Hbond substituents is 1. The minimum atomic E-state index is -1.23. The second-order valence-corrected chi connectivity index (χ2v) is 5.48. The molecule has 1 heterocycles. The summed E-state index contributed by atoms with van der Waals surface area (Å²) in [5.74, 6) is -1.73. The molecular weight excluding hydrogens is 330 g/mol. The second-order valence-electron chi connectivity index (χ2n) is 5.48. The summed E-state index contributed by atoms with van der Waals surface area (Å²) in [7, 11) is 1.39. The molecule has 5 N–H and O–H groups in total. The van der Waals surface area contributed by atoms with Gasteiger partial charge in [-0.1, -0.05) is 6.07 Å². The lowest BCUT2D eigenvalue weighted by atomic mass is 10.1. The van der Waals surface area contributed by atoms with Crippen LogP contribution in [0.2, 0.25) is 0 Å². The first-order valence-electron chi connectivity index (χ1n) is 7.39. The summed E-state index contributed by atoms with van der Waals surface area (Å²) < 4.78 is 5.00. The first-order valence-corrected chi connectivity index (χ1v) is 7.39. The molecule has 9 heteroatoms. The fraction of sp³-hybridized carbons (Fsp3) is 0.312. The van der Waals surface area contributed by atoms with Gasteiger partial charge in [0.25, 0.3) is 5.91 Å². The van der Waals surface area contributed by atoms with Gasteiger partial charge in [-0.2, -0.15) is 0 Å². The molecule has 134 valence electrons. The molecule has 2 atom stereocenters. The highest BCUT2D eigenvalue weighted by Crippen LogP contribution is 2.28. The van der Waals surface area contributed by atoms with Crippen LogP contribution in [0.4, 0.5) is 0 Å². The lowest BCUT2D eigenvalue weighted by molar-refractivity contribution is -0.140. The number of aliphatic hydroxyl groups excluding tert-OH is 1. The maximum atomic E-state index is 12.5. The number of aliphatic imine (C=N–C) groups is 1. The van der Waals surface area contributed by atoms with Crippen molar-refractivity contribution in [1.29, 1.82) is 0 Å². The average molecular weight is 349 g/mol. The highest BCUT2D eigenvalue weighted by atomic mass is 16.5. The van der Waals surface area contributed by atoms with E-state index in [4.69, 9.17) is 15.6 Å². The van der Waals surface area contributed by atoms with Gasteiger partial charge in [-0.3, -0.25) is 14.5 Å². The zero-order valence-electron chi connectivity index (χ0n) is 13.7. The summed E-state index contributed by atoms with van der Waals surface area (Å²) in [5, 5.41) is 28.2. The maximum Gasteiger partial charge on any atom is 0.323 e. The predicted molar refractivity (Wildman–Crippen MR) is 89.1 cm³/mol. The lowest BCUT2D eigenvalue weighted by Gasteiger charge is -2.22. The van der Waals surface area contributed by atoms with E-state index < -0.39 is 30.6 Å². The summed E-state index contributed by atoms with van der Waals surface area (Å²) >= 11 is 0. The molecule has 0 bridgehead atoms. The summed E-state index contributed by atoms with van der Waals surface area (Å²) in [4.78, 5) is 28.5. The number of nitrogens with two attached hydrogens (primary N) is 1. The number of phenols is 1. The van der Waals surface area contributed by atoms with Gasteiger partial charge in [0.1, 0.15) is 18.1 Å². The molecule has 1 aliphatic rings. The number of benzene rings is 1. The van der Waals surface area contributed by atoms with Crippen LogP contribution in [-0.4, -0.2) is 63.7 Å². The number of aliphatic hydroxyl groups is 1. The molecule has 1 aromatic rings. The van der Waals surface area contributed by atoms with Crippen molar-refractivity contribution in [2.24, 2.45) is 10.7 Å². The standard InChI is InChI=1S/C16H19N3O6/c1-8(20)14(17)15-18-10(16(24)19(15)7-13(22)23)5-9-3-4-11(21)12(6-9)25-2/h3-6,8,14,20-21H,7,17H2,1-2H3,(H,22,23)/b10-5-/t8-,14+/m1/s1. The molecular formula is C16H19N3O6. The van der Waals surface area contributed by atoms with Crippen molar-refractivity contribution in [2.75, 3.05) is 13.7 Å². The fourth-order valence-electron chi connectivity index (χ4n) is 2.27. The topological polar surface area (TPSA) is 146 Å². The van der Waals surface area contributed by atoms with Crippen LogP contribution < -0.4 is 10.5 Å². The van der Waals surface area contributed by atoms with Crippen LogP contribution in [0.15, 0.2) is 28.9 Å². The molecule has 0 aromatic heterocycles. The van der Waals surface area contributed by atoms with Crippen molar-refractivity contribution < 1.29 is 29.6 Å². The van der Waals surface area contributed by atoms with E-state index in [2.05, 4.69) is 4.99 Å². The lowest BCUT2D eigenvalue weighted by Crippen LogP contribution is -2.50. The number of carbonyl (C=O) groups excluding carboxylic acids is 1. The van der Waals surface area contributed by atoms with Crippen molar-refractivity contribution in [1.82, 2.24) is 4.90 Å². The molecule has 1 aromatic carbocycles. The Morgan fingerprint density at radius 1 is 1.48 bits per heavy atom. The van der Waals surface area contributed by atoms with Gasteiger partial charge >= 0.3 is 5.97 Å². The number of methoxy groups -OCH3 is 1. The number of ether oxygens (including phenoxy) is 1. The minimum absolute atomic E-state index is 0.0145. The van der Waals surface area contributed by atoms with Gasteiger partial charge in [0.15, 0.2) is 11.5 Å². The largest absolute Gasteiger partial charge is 0.504 e. The molecule has 2 rings (SSSR count). The molecule has 0 radical (unpaired) electrons. The quantitative estimate of drug-likeness (QED) is 0.519. The zero-order valence-corrected chi connectivity index (χ0v) is 13.7. The molecule has 0 aliphatic carbocycles. The monoisotopic (exact) mass is 349 g/mol. The molecule has 0 saturated carbocycles. The van der Waals surface area contributed by atoms with Gasteiger partial charge in [-0.25, -0.2) is 4.99 Å². The van der Waals surface area contributed by atoms with E-state index in [1.165, 1.54) is 32.2 Å². The summed E-state index contributed by atoms with van der Waals surface area (Å²) in [6.45, 7) is 0.803. The molecule has 0 fully saturated rings. The van der Waals surface area contributed by atoms with E-state index in [1.807, 2.05) is 0 Å². The summed E-state index contributed by atoms with van der Waals surface area (Å²) in [6, 6.07) is 3.43. The second kappa shape index (κ2) is 7.32. The SMILES string of the molecule is COc1cc(/C=C2\N=C([C@@H](N)[C@@H](C)O)N(CC(=O)O)C2=O)ccc1O. The third-order valence-electron chi connectivity index (χ3n) is 3.59. The van der Waals surface area contributed by atoms with Crippen LogP contribution in [0, 0.1) is 0 Å². The molecule has 25 heavy (non-hydrogen) atoms. The average Bonchev–Trinajstić information content (AvgIpc) is 2.84. The van der Waals surface area contributed by atoms with Crippen LogP contribution >= 0.6 is 0 Å². The number of carboxylic acid groups (broad SMARTS) is 1. The highest BCUT2D eigenvalue weighted by molar-refractivity contribution is 6.17. The minimum Gasteiger partial charge on any atom is -0.504 e. The molecule has 0 unspecified atom stereocenters. The van der Waals surface area contributed by atoms with Gasteiger partial charge in [-0.15, -0.1) is 0 Å². The Morgan fingerprint density at radius 2 is 2.16 bits per heavy atom. The van der Waals surface area contributed by atoms with Crippen molar-refractivity contribution >= 4 is 23.8 Å². The maximum absolute atomic E-state index is 12.5. The molecule has 9 nitrogen and oxygen atoms in total. The third-order valence-corrected chi connectivity index (χ3v) is 3.59. The van der Waals surface area contributed by atoms with E-state index in [-0.39, 0.29) is 23.0 Å². The summed E-state index contributed by atoms with van der Waals surface area (Å²) in [5.41, 5.74) is 6.31. The van der Waals surface area contributed by atoms with Gasteiger partial charge < -0.3 is 25.8 Å². The summed E-state index contributed by atoms with van der Waals surface area (Å²) in [6.07, 6.45) is 0.400. The zero-order chi connectivity index (χ0) is 18.7. The van der Waals surface area contributed by atoms with E-state index in [0.717, 1.165) is 4.90 Å². The molecule has 1 aliphatic heterocycles. The van der Waals surface area contributed by atoms with E-state index in [1.54, 1.807) is 6.07 Å².